The number of nitrogens with one attached hydrogen (secondary N) is 1. The highest BCUT2D eigenvalue weighted by Gasteiger charge is 1.87. The van der Waals surface area contributed by atoms with Gasteiger partial charge >= 0.3 is 0 Å². The lowest BCUT2D eigenvalue weighted by molar-refractivity contribution is 1.27. The van der Waals surface area contributed by atoms with Gasteiger partial charge in [-0.3, -0.25) is 0 Å². The first kappa shape index (κ1) is 6.84. The molecule has 1 heterocycles. The van der Waals surface area contributed by atoms with Crippen LogP contribution in [0.5, 0.6) is 0 Å². The molecule has 0 saturated heterocycles. The number of hydrogen-bond donors (Lipinski definition) is 1. The predicted octanol–water partition coefficient (Wildman–Crippen LogP) is 1.58. The van der Waals surface area contributed by atoms with Gasteiger partial charge in [-0.25, -0.2) is 0 Å². The van der Waals surface area contributed by atoms with Gasteiger partial charge < -0.3 is 4.98 Å². The molecule has 1 rings (SSSR count). The first-order chi connectivity index (χ1) is 4.88. The van der Waals surface area contributed by atoms with Crippen LogP contribution in [-0.4, -0.2) is 10.9 Å². The SMILES string of the molecule is C=S=c1[nH]cccc1C#N. The largest absolute Gasteiger partial charge is 0.352 e. The summed E-state index contributed by atoms with van der Waals surface area (Å²) in [6.45, 7) is 0. The van der Waals surface area contributed by atoms with E-state index in [9.17, 15) is 0 Å². The third-order valence-electron chi connectivity index (χ3n) is 1.08. The van der Waals surface area contributed by atoms with Crippen molar-refractivity contribution in [3.8, 4) is 6.07 Å². The summed E-state index contributed by atoms with van der Waals surface area (Å²) in [5.74, 6) is 3.60. The third-order valence-corrected chi connectivity index (χ3v) is 1.71. The summed E-state index contributed by atoms with van der Waals surface area (Å²) in [6.07, 6.45) is 1.77. The van der Waals surface area contributed by atoms with E-state index in [-0.39, 0.29) is 0 Å². The molecule has 0 atom stereocenters. The van der Waals surface area contributed by atoms with Gasteiger partial charge in [0.2, 0.25) is 0 Å². The van der Waals surface area contributed by atoms with Crippen molar-refractivity contribution in [3.05, 3.63) is 28.5 Å². The topological polar surface area (TPSA) is 39.6 Å². The lowest BCUT2D eigenvalue weighted by atomic mass is 10.3. The van der Waals surface area contributed by atoms with Crippen molar-refractivity contribution in [3.63, 3.8) is 0 Å². The Labute approximate surface area is 62.3 Å². The highest BCUT2D eigenvalue weighted by molar-refractivity contribution is 7.88. The maximum atomic E-state index is 8.54. The van der Waals surface area contributed by atoms with Crippen molar-refractivity contribution in [2.45, 2.75) is 0 Å². The minimum atomic E-state index is 0.641. The second kappa shape index (κ2) is 3.04. The Morgan fingerprint density at radius 1 is 1.70 bits per heavy atom. The van der Waals surface area contributed by atoms with Crippen LogP contribution in [0.4, 0.5) is 0 Å². The molecule has 0 aliphatic heterocycles. The second-order valence-corrected chi connectivity index (χ2v) is 2.37. The molecule has 0 bridgehead atoms. The number of aromatic nitrogens is 1. The van der Waals surface area contributed by atoms with Crippen molar-refractivity contribution >= 4 is 16.8 Å². The van der Waals surface area contributed by atoms with Gasteiger partial charge in [-0.1, -0.05) is 0 Å². The molecule has 0 aliphatic carbocycles. The van der Waals surface area contributed by atoms with E-state index in [1.165, 1.54) is 10.9 Å². The zero-order valence-corrected chi connectivity index (χ0v) is 6.11. The maximum absolute atomic E-state index is 8.54. The highest BCUT2D eigenvalue weighted by Crippen LogP contribution is 1.96. The smallest absolute Gasteiger partial charge is 0.110 e. The van der Waals surface area contributed by atoms with E-state index >= 15 is 0 Å². The summed E-state index contributed by atoms with van der Waals surface area (Å²) >= 11 is 0. The monoisotopic (exact) mass is 150 g/mol. The van der Waals surface area contributed by atoms with Crippen LogP contribution < -0.4 is 0 Å². The third kappa shape index (κ3) is 1.17. The van der Waals surface area contributed by atoms with Gasteiger partial charge in [-0.05, 0) is 18.0 Å². The fraction of sp³-hybridized carbons (Fsp3) is 0. The first-order valence-corrected chi connectivity index (χ1v) is 3.70. The Morgan fingerprint density at radius 3 is 3.00 bits per heavy atom. The Bertz CT molecular complexity index is 352. The Hall–Kier alpha value is -1.27. The van der Waals surface area contributed by atoms with Crippen LogP contribution >= 0.6 is 10.9 Å². The maximum Gasteiger partial charge on any atom is 0.110 e. The number of H-pyrrole nitrogens is 1. The minimum absolute atomic E-state index is 0.641. The summed E-state index contributed by atoms with van der Waals surface area (Å²) in [5.41, 5.74) is 0.641. The standard InChI is InChI=1S/C7H6N2S/c1-10-7-6(5-8)3-2-4-9-7/h2-4,9H,1H2. The Balaban J connectivity index is 3.56. The Morgan fingerprint density at radius 2 is 2.50 bits per heavy atom. The van der Waals surface area contributed by atoms with Gasteiger partial charge in [-0.15, -0.1) is 10.9 Å². The molecule has 1 aromatic rings. The molecule has 3 heteroatoms. The van der Waals surface area contributed by atoms with Crippen LogP contribution in [0.25, 0.3) is 0 Å². The summed E-state index contributed by atoms with van der Waals surface area (Å²) in [7, 11) is 1.29. The molecular weight excluding hydrogens is 144 g/mol. The molecule has 10 heavy (non-hydrogen) atoms. The number of rotatable bonds is 0. The van der Waals surface area contributed by atoms with Crippen LogP contribution in [0, 0.1) is 16.0 Å². The first-order valence-electron chi connectivity index (χ1n) is 2.71. The lowest BCUT2D eigenvalue weighted by Crippen LogP contribution is -1.77. The van der Waals surface area contributed by atoms with E-state index in [1.807, 2.05) is 0 Å². The average molecular weight is 150 g/mol. The molecule has 0 spiro atoms. The molecule has 1 N–H and O–H groups in total. The molecule has 1 aromatic heterocycles. The average Bonchev–Trinajstić information content (AvgIpc) is 2.04. The number of nitriles is 1. The fourth-order valence-corrected chi connectivity index (χ4v) is 1.05. The highest BCUT2D eigenvalue weighted by atomic mass is 32.1. The van der Waals surface area contributed by atoms with E-state index in [4.69, 9.17) is 5.26 Å². The van der Waals surface area contributed by atoms with Crippen LogP contribution in [-0.2, 0) is 0 Å². The van der Waals surface area contributed by atoms with E-state index < -0.39 is 0 Å². The molecule has 0 fully saturated rings. The molecular formula is C7H6N2S. The number of aromatic amines is 1. The van der Waals surface area contributed by atoms with Crippen molar-refractivity contribution in [2.75, 3.05) is 0 Å². The van der Waals surface area contributed by atoms with Crippen molar-refractivity contribution in [1.29, 1.82) is 5.26 Å². The van der Waals surface area contributed by atoms with Gasteiger partial charge in [0, 0.05) is 6.20 Å². The molecule has 2 nitrogen and oxygen atoms in total. The van der Waals surface area contributed by atoms with Gasteiger partial charge in [0.1, 0.15) is 10.7 Å². The summed E-state index contributed by atoms with van der Waals surface area (Å²) in [6, 6.07) is 5.60. The molecule has 0 aliphatic rings. The van der Waals surface area contributed by atoms with Crippen LogP contribution in [0.1, 0.15) is 5.56 Å². The van der Waals surface area contributed by atoms with E-state index in [1.54, 1.807) is 18.3 Å². The number of pyridine rings is 1. The zero-order chi connectivity index (χ0) is 7.40. The lowest BCUT2D eigenvalue weighted by Gasteiger charge is -1.85. The summed E-state index contributed by atoms with van der Waals surface area (Å²) in [5, 5.41) is 8.54. The minimum Gasteiger partial charge on any atom is -0.352 e. The number of nitrogens with zero attached hydrogens (tertiary/aromatic N) is 1. The molecule has 0 radical (unpaired) electrons. The molecule has 0 aromatic carbocycles. The molecule has 50 valence electrons. The second-order valence-electron chi connectivity index (χ2n) is 1.67. The number of hydrogen-bond acceptors (Lipinski definition) is 1. The van der Waals surface area contributed by atoms with Crippen molar-refractivity contribution in [2.24, 2.45) is 0 Å². The van der Waals surface area contributed by atoms with Gasteiger partial charge in [-0.2, -0.15) is 5.26 Å². The Kier molecular flexibility index (Phi) is 2.08. The van der Waals surface area contributed by atoms with Crippen LogP contribution in [0.3, 0.4) is 0 Å². The molecule has 0 saturated carbocycles. The van der Waals surface area contributed by atoms with Gasteiger partial charge in [0.25, 0.3) is 0 Å². The fourth-order valence-electron chi connectivity index (χ4n) is 0.629. The van der Waals surface area contributed by atoms with E-state index in [2.05, 4.69) is 16.9 Å². The predicted molar refractivity (Wildman–Crippen MR) is 43.5 cm³/mol. The normalized spacial score (nSPS) is 8.30. The van der Waals surface area contributed by atoms with Crippen molar-refractivity contribution in [1.82, 2.24) is 4.98 Å². The van der Waals surface area contributed by atoms with E-state index in [0.717, 1.165) is 4.64 Å². The van der Waals surface area contributed by atoms with E-state index in [0.29, 0.717) is 5.56 Å². The summed E-state index contributed by atoms with van der Waals surface area (Å²) < 4.78 is 0.810. The molecule has 0 unspecified atom stereocenters. The van der Waals surface area contributed by atoms with Crippen molar-refractivity contribution < 1.29 is 0 Å². The zero-order valence-electron chi connectivity index (χ0n) is 5.29. The van der Waals surface area contributed by atoms with Crippen LogP contribution in [0.15, 0.2) is 18.3 Å². The quantitative estimate of drug-likeness (QED) is 0.560. The molecule has 0 amide bonds. The van der Waals surface area contributed by atoms with Gasteiger partial charge in [0.15, 0.2) is 0 Å². The van der Waals surface area contributed by atoms with Crippen LogP contribution in [0.2, 0.25) is 0 Å². The summed E-state index contributed by atoms with van der Waals surface area (Å²) in [4.78, 5) is 2.92. The van der Waals surface area contributed by atoms with Gasteiger partial charge in [0.05, 0.1) is 5.56 Å².